The minimum Gasteiger partial charge on any atom is -0.365 e. The molecule has 1 rings (SSSR count). The van der Waals surface area contributed by atoms with Crippen molar-refractivity contribution in [2.24, 2.45) is 4.99 Å². The van der Waals surface area contributed by atoms with Gasteiger partial charge in [-0.05, 0) is 38.1 Å². The number of rotatable bonds is 5. The van der Waals surface area contributed by atoms with E-state index in [0.717, 1.165) is 11.4 Å². The second kappa shape index (κ2) is 8.11. The van der Waals surface area contributed by atoms with Crippen LogP contribution in [0.4, 0.5) is 5.69 Å². The van der Waals surface area contributed by atoms with Crippen LogP contribution in [0, 0.1) is 0 Å². The van der Waals surface area contributed by atoms with Crippen LogP contribution in [-0.2, 0) is 0 Å². The lowest BCUT2D eigenvalue weighted by Gasteiger charge is -1.96. The topological polar surface area (TPSA) is 24.4 Å². The van der Waals surface area contributed by atoms with E-state index < -0.39 is 0 Å². The lowest BCUT2D eigenvalue weighted by atomic mass is 10.3. The van der Waals surface area contributed by atoms with E-state index in [1.807, 2.05) is 74.7 Å². The van der Waals surface area contributed by atoms with E-state index in [2.05, 4.69) is 10.3 Å². The Hall–Kier alpha value is -2.09. The third-order valence-electron chi connectivity index (χ3n) is 2.01. The van der Waals surface area contributed by atoms with Crippen molar-refractivity contribution in [2.75, 3.05) is 0 Å². The predicted molar refractivity (Wildman–Crippen MR) is 75.4 cm³/mol. The molecule has 0 aromatic heterocycles. The summed E-state index contributed by atoms with van der Waals surface area (Å²) in [6.07, 6.45) is 11.5. The van der Waals surface area contributed by atoms with Gasteiger partial charge in [-0.1, -0.05) is 30.4 Å². The summed E-state index contributed by atoms with van der Waals surface area (Å²) in [7, 11) is 0. The van der Waals surface area contributed by atoms with Crippen LogP contribution in [-0.4, -0.2) is 6.21 Å². The van der Waals surface area contributed by atoms with Gasteiger partial charge in [0.2, 0.25) is 0 Å². The third kappa shape index (κ3) is 6.15. The van der Waals surface area contributed by atoms with Crippen molar-refractivity contribution in [3.63, 3.8) is 0 Å². The molecular formula is C15H18N2. The Bertz CT molecular complexity index is 425. The van der Waals surface area contributed by atoms with Crippen molar-refractivity contribution in [1.82, 2.24) is 5.32 Å². The van der Waals surface area contributed by atoms with Gasteiger partial charge in [0.1, 0.15) is 0 Å². The largest absolute Gasteiger partial charge is 0.365 e. The highest BCUT2D eigenvalue weighted by Crippen LogP contribution is 2.07. The standard InChI is InChI=1S/C15H18N2/c1-3-4-9-14(2)16-12-8-13-17-15-10-6-5-7-11-15/h3-13,16H,1-2H3/b4-3-,12-8+,14-9+,17-13+. The quantitative estimate of drug-likeness (QED) is 0.596. The van der Waals surface area contributed by atoms with Crippen LogP contribution in [0.3, 0.4) is 0 Å². The summed E-state index contributed by atoms with van der Waals surface area (Å²) in [5, 5.41) is 3.14. The maximum absolute atomic E-state index is 4.28. The van der Waals surface area contributed by atoms with Crippen LogP contribution in [0.1, 0.15) is 13.8 Å². The van der Waals surface area contributed by atoms with E-state index in [1.54, 1.807) is 6.21 Å². The zero-order chi connectivity index (χ0) is 12.3. The first-order valence-corrected chi connectivity index (χ1v) is 5.63. The van der Waals surface area contributed by atoms with Gasteiger partial charge in [0, 0.05) is 18.1 Å². The normalized spacial score (nSPS) is 12.9. The van der Waals surface area contributed by atoms with Crippen LogP contribution < -0.4 is 5.32 Å². The number of nitrogens with one attached hydrogen (secondary N) is 1. The van der Waals surface area contributed by atoms with Crippen molar-refractivity contribution >= 4 is 11.9 Å². The molecule has 17 heavy (non-hydrogen) atoms. The third-order valence-corrected chi connectivity index (χ3v) is 2.01. The van der Waals surface area contributed by atoms with Gasteiger partial charge in [-0.3, -0.25) is 4.99 Å². The fourth-order valence-corrected chi connectivity index (χ4v) is 1.15. The summed E-state index contributed by atoms with van der Waals surface area (Å²) in [6, 6.07) is 9.85. The monoisotopic (exact) mass is 226 g/mol. The molecule has 0 radical (unpaired) electrons. The van der Waals surface area contributed by atoms with Crippen molar-refractivity contribution in [3.8, 4) is 0 Å². The van der Waals surface area contributed by atoms with Crippen molar-refractivity contribution in [1.29, 1.82) is 0 Å². The first-order valence-electron chi connectivity index (χ1n) is 5.63. The van der Waals surface area contributed by atoms with Gasteiger partial charge in [-0.2, -0.15) is 0 Å². The Labute approximate surface area is 103 Å². The summed E-state index contributed by atoms with van der Waals surface area (Å²) in [5.74, 6) is 0. The fourth-order valence-electron chi connectivity index (χ4n) is 1.15. The number of hydrogen-bond acceptors (Lipinski definition) is 2. The number of hydrogen-bond donors (Lipinski definition) is 1. The molecule has 2 nitrogen and oxygen atoms in total. The van der Waals surface area contributed by atoms with E-state index in [4.69, 9.17) is 0 Å². The maximum atomic E-state index is 4.28. The van der Waals surface area contributed by atoms with E-state index in [9.17, 15) is 0 Å². The van der Waals surface area contributed by atoms with Crippen LogP contribution >= 0.6 is 0 Å². The van der Waals surface area contributed by atoms with Gasteiger partial charge in [0.25, 0.3) is 0 Å². The number of nitrogens with zero attached hydrogens (tertiary/aromatic N) is 1. The zero-order valence-electron chi connectivity index (χ0n) is 10.3. The van der Waals surface area contributed by atoms with Gasteiger partial charge in [0.15, 0.2) is 0 Å². The van der Waals surface area contributed by atoms with Gasteiger partial charge in [-0.25, -0.2) is 0 Å². The molecule has 0 saturated heterocycles. The Kier molecular flexibility index (Phi) is 6.19. The van der Waals surface area contributed by atoms with Gasteiger partial charge < -0.3 is 5.32 Å². The summed E-state index contributed by atoms with van der Waals surface area (Å²) in [5.41, 5.74) is 2.05. The smallest absolute Gasteiger partial charge is 0.0629 e. The Morgan fingerprint density at radius 3 is 2.65 bits per heavy atom. The van der Waals surface area contributed by atoms with Gasteiger partial charge >= 0.3 is 0 Å². The molecule has 0 saturated carbocycles. The van der Waals surface area contributed by atoms with E-state index in [-0.39, 0.29) is 0 Å². The van der Waals surface area contributed by atoms with Crippen LogP contribution in [0.15, 0.2) is 71.5 Å². The number of benzene rings is 1. The molecule has 1 aromatic rings. The van der Waals surface area contributed by atoms with Crippen molar-refractivity contribution in [2.45, 2.75) is 13.8 Å². The molecule has 0 bridgehead atoms. The first kappa shape index (κ1) is 13.0. The van der Waals surface area contributed by atoms with Crippen LogP contribution in [0.2, 0.25) is 0 Å². The summed E-state index contributed by atoms with van der Waals surface area (Å²) >= 11 is 0. The van der Waals surface area contributed by atoms with E-state index in [0.29, 0.717) is 0 Å². The highest BCUT2D eigenvalue weighted by Gasteiger charge is 1.81. The molecule has 1 aromatic carbocycles. The predicted octanol–water partition coefficient (Wildman–Crippen LogP) is 3.97. The molecule has 0 aliphatic rings. The van der Waals surface area contributed by atoms with Gasteiger partial charge in [0.05, 0.1) is 5.69 Å². The van der Waals surface area contributed by atoms with Crippen LogP contribution in [0.25, 0.3) is 0 Å². The van der Waals surface area contributed by atoms with Crippen molar-refractivity contribution in [3.05, 3.63) is 66.5 Å². The molecule has 0 unspecified atom stereocenters. The summed E-state index contributed by atoms with van der Waals surface area (Å²) in [4.78, 5) is 4.28. The fraction of sp³-hybridized carbons (Fsp3) is 0.133. The Morgan fingerprint density at radius 1 is 1.18 bits per heavy atom. The molecule has 0 amide bonds. The summed E-state index contributed by atoms with van der Waals surface area (Å²) in [6.45, 7) is 4.00. The molecule has 2 heteroatoms. The Balaban J connectivity index is 2.38. The van der Waals surface area contributed by atoms with Crippen LogP contribution in [0.5, 0.6) is 0 Å². The van der Waals surface area contributed by atoms with E-state index in [1.165, 1.54) is 0 Å². The molecule has 0 fully saturated rings. The highest BCUT2D eigenvalue weighted by molar-refractivity contribution is 5.74. The SMILES string of the molecule is C/C=C\C=C(/C)N/C=C/C=N/c1ccccc1. The molecule has 0 atom stereocenters. The lowest BCUT2D eigenvalue weighted by Crippen LogP contribution is -1.99. The summed E-state index contributed by atoms with van der Waals surface area (Å²) < 4.78 is 0. The van der Waals surface area contributed by atoms with Crippen molar-refractivity contribution < 1.29 is 0 Å². The zero-order valence-corrected chi connectivity index (χ0v) is 10.3. The molecule has 0 aliphatic heterocycles. The maximum Gasteiger partial charge on any atom is 0.0629 e. The molecular weight excluding hydrogens is 208 g/mol. The molecule has 0 spiro atoms. The average molecular weight is 226 g/mol. The second-order valence-corrected chi connectivity index (χ2v) is 3.49. The average Bonchev–Trinajstić information content (AvgIpc) is 2.37. The molecule has 0 aliphatic carbocycles. The number of para-hydroxylation sites is 1. The second-order valence-electron chi connectivity index (χ2n) is 3.49. The Morgan fingerprint density at radius 2 is 1.94 bits per heavy atom. The first-order chi connectivity index (χ1) is 8.33. The minimum atomic E-state index is 0.957. The highest BCUT2D eigenvalue weighted by atomic mass is 14.8. The lowest BCUT2D eigenvalue weighted by molar-refractivity contribution is 1.06. The molecule has 0 heterocycles. The number of aliphatic imine (C=N–C) groups is 1. The molecule has 1 N–H and O–H groups in total. The minimum absolute atomic E-state index is 0.957. The number of allylic oxidation sites excluding steroid dienone is 5. The van der Waals surface area contributed by atoms with Gasteiger partial charge in [-0.15, -0.1) is 0 Å². The van der Waals surface area contributed by atoms with E-state index >= 15 is 0 Å². The molecule has 88 valence electrons.